The monoisotopic (exact) mass is 678 g/mol. The molecule has 2 aliphatic heterocycles. The molecule has 264 valence electrons. The molecule has 3 amide bonds. The molecule has 2 aromatic rings. The Balaban J connectivity index is 1.29. The summed E-state index contributed by atoms with van der Waals surface area (Å²) < 4.78 is 23.3. The van der Waals surface area contributed by atoms with Crippen molar-refractivity contribution in [3.63, 3.8) is 0 Å². The van der Waals surface area contributed by atoms with E-state index in [1.807, 2.05) is 25.1 Å². The standard InChI is InChI=1S/C36H46N4O9/c1-3-47-31-19-30(26-16-15-24(46-2)17-28(26)37-31)48-25-18-29-32(41)39-36(34(43)44)20-22(36)11-7-5-4-6-8-14-27(33(42)40(29)21-25)38-35(45)49-23-12-9-10-13-23/h7,11,15-17,19,22-23,25,27,29H,3-6,8-10,12-14,18,20-21H2,1-2H3,(H,38,45)(H,39,41)(H,43,44)/b11-7-/t22?,25-,27?,29+,36?/m1/s1. The number of carbonyl (C=O) groups is 4. The second kappa shape index (κ2) is 14.9. The van der Waals surface area contributed by atoms with E-state index in [0.29, 0.717) is 47.7 Å². The van der Waals surface area contributed by atoms with Crippen molar-refractivity contribution in [1.29, 1.82) is 0 Å². The topological polar surface area (TPSA) is 166 Å². The third-order valence-electron chi connectivity index (χ3n) is 10.0. The lowest BCUT2D eigenvalue weighted by atomic mass is 10.0. The highest BCUT2D eigenvalue weighted by molar-refractivity contribution is 5.96. The number of carbonyl (C=O) groups excluding carboxylic acids is 3. The van der Waals surface area contributed by atoms with Crippen LogP contribution in [0.3, 0.4) is 0 Å². The number of rotatable bonds is 8. The summed E-state index contributed by atoms with van der Waals surface area (Å²) in [5, 5.41) is 16.5. The van der Waals surface area contributed by atoms with E-state index >= 15 is 0 Å². The van der Waals surface area contributed by atoms with Gasteiger partial charge in [-0.05, 0) is 70.4 Å². The van der Waals surface area contributed by atoms with Crippen LogP contribution in [-0.4, -0.2) is 89.0 Å². The molecule has 1 aromatic heterocycles. The lowest BCUT2D eigenvalue weighted by molar-refractivity contribution is -0.145. The third kappa shape index (κ3) is 7.70. The number of nitrogens with zero attached hydrogens (tertiary/aromatic N) is 2. The molecular formula is C36H46N4O9. The van der Waals surface area contributed by atoms with Crippen molar-refractivity contribution in [3.8, 4) is 17.4 Å². The molecule has 0 radical (unpaired) electrons. The Labute approximate surface area is 285 Å². The molecule has 6 rings (SSSR count). The smallest absolute Gasteiger partial charge is 0.408 e. The van der Waals surface area contributed by atoms with Crippen LogP contribution in [-0.2, 0) is 19.1 Å². The van der Waals surface area contributed by atoms with Crippen LogP contribution < -0.4 is 24.8 Å². The predicted octanol–water partition coefficient (Wildman–Crippen LogP) is 4.51. The molecule has 13 nitrogen and oxygen atoms in total. The Bertz CT molecular complexity index is 1590. The van der Waals surface area contributed by atoms with E-state index in [1.54, 1.807) is 25.3 Å². The van der Waals surface area contributed by atoms with Gasteiger partial charge in [0, 0.05) is 29.9 Å². The lowest BCUT2D eigenvalue weighted by Crippen LogP contribution is -2.56. The van der Waals surface area contributed by atoms with Gasteiger partial charge in [0.1, 0.15) is 41.3 Å². The van der Waals surface area contributed by atoms with Crippen LogP contribution in [0, 0.1) is 5.92 Å². The number of benzene rings is 1. The second-order valence-electron chi connectivity index (χ2n) is 13.4. The van der Waals surface area contributed by atoms with Crippen LogP contribution in [0.5, 0.6) is 17.4 Å². The molecule has 13 heteroatoms. The molecule has 4 aliphatic rings. The Kier molecular flexibility index (Phi) is 10.4. The largest absolute Gasteiger partial charge is 0.497 e. The number of hydrogen-bond acceptors (Lipinski definition) is 9. The Morgan fingerprint density at radius 3 is 2.63 bits per heavy atom. The summed E-state index contributed by atoms with van der Waals surface area (Å²) in [5.74, 6) is -1.03. The van der Waals surface area contributed by atoms with E-state index in [0.717, 1.165) is 44.9 Å². The highest BCUT2D eigenvalue weighted by Gasteiger charge is 2.61. The summed E-state index contributed by atoms with van der Waals surface area (Å²) in [6.07, 6.45) is 9.80. The fourth-order valence-electron chi connectivity index (χ4n) is 7.26. The maximum atomic E-state index is 14.4. The number of fused-ring (bicyclic) bond motifs is 3. The van der Waals surface area contributed by atoms with Gasteiger partial charge in [-0.3, -0.25) is 9.59 Å². The summed E-state index contributed by atoms with van der Waals surface area (Å²) in [6.45, 7) is 2.28. The van der Waals surface area contributed by atoms with Gasteiger partial charge in [-0.2, -0.15) is 0 Å². The van der Waals surface area contributed by atoms with E-state index in [2.05, 4.69) is 15.6 Å². The summed E-state index contributed by atoms with van der Waals surface area (Å²) in [6, 6.07) is 5.11. The summed E-state index contributed by atoms with van der Waals surface area (Å²) in [5.41, 5.74) is -0.847. The van der Waals surface area contributed by atoms with Gasteiger partial charge in [-0.15, -0.1) is 0 Å². The van der Waals surface area contributed by atoms with Crippen LogP contribution in [0.1, 0.15) is 77.6 Å². The van der Waals surface area contributed by atoms with E-state index in [-0.39, 0.29) is 31.4 Å². The fourth-order valence-corrected chi connectivity index (χ4v) is 7.26. The molecular weight excluding hydrogens is 632 g/mol. The minimum Gasteiger partial charge on any atom is -0.497 e. The van der Waals surface area contributed by atoms with Crippen LogP contribution >= 0.6 is 0 Å². The number of aromatic nitrogens is 1. The number of carboxylic acids is 1. The van der Waals surface area contributed by atoms with Gasteiger partial charge in [0.25, 0.3) is 0 Å². The van der Waals surface area contributed by atoms with Crippen LogP contribution in [0.15, 0.2) is 36.4 Å². The van der Waals surface area contributed by atoms with Gasteiger partial charge in [-0.25, -0.2) is 14.6 Å². The molecule has 3 N–H and O–H groups in total. The molecule has 1 aromatic carbocycles. The van der Waals surface area contributed by atoms with Crippen molar-refractivity contribution >= 4 is 34.8 Å². The Morgan fingerprint density at radius 2 is 1.88 bits per heavy atom. The Morgan fingerprint density at radius 1 is 1.08 bits per heavy atom. The van der Waals surface area contributed by atoms with Crippen molar-refractivity contribution in [2.24, 2.45) is 5.92 Å². The zero-order valence-electron chi connectivity index (χ0n) is 28.2. The quantitative estimate of drug-likeness (QED) is 0.338. The molecule has 2 saturated carbocycles. The van der Waals surface area contributed by atoms with Crippen molar-refractivity contribution in [2.45, 2.75) is 107 Å². The van der Waals surface area contributed by atoms with E-state index in [4.69, 9.17) is 18.9 Å². The molecule has 3 unspecified atom stereocenters. The first-order valence-electron chi connectivity index (χ1n) is 17.5. The van der Waals surface area contributed by atoms with Gasteiger partial charge in [0.15, 0.2) is 0 Å². The highest BCUT2D eigenvalue weighted by Crippen LogP contribution is 2.45. The molecule has 2 aliphatic carbocycles. The van der Waals surface area contributed by atoms with Crippen molar-refractivity contribution in [3.05, 3.63) is 36.4 Å². The average molecular weight is 679 g/mol. The second-order valence-corrected chi connectivity index (χ2v) is 13.4. The zero-order valence-corrected chi connectivity index (χ0v) is 28.2. The predicted molar refractivity (Wildman–Crippen MR) is 179 cm³/mol. The minimum absolute atomic E-state index is 0.0418. The van der Waals surface area contributed by atoms with Crippen molar-refractivity contribution in [1.82, 2.24) is 20.5 Å². The van der Waals surface area contributed by atoms with E-state index in [1.165, 1.54) is 4.90 Å². The van der Waals surface area contributed by atoms with Crippen LogP contribution in [0.4, 0.5) is 4.79 Å². The first-order valence-corrected chi connectivity index (χ1v) is 17.5. The first kappa shape index (κ1) is 34.3. The molecule has 3 fully saturated rings. The maximum Gasteiger partial charge on any atom is 0.408 e. The lowest BCUT2D eigenvalue weighted by Gasteiger charge is -2.29. The summed E-state index contributed by atoms with van der Waals surface area (Å²) >= 11 is 0. The normalized spacial score (nSPS) is 28.3. The van der Waals surface area contributed by atoms with Crippen molar-refractivity contribution < 1.29 is 43.2 Å². The SMILES string of the molecule is CCOc1cc(O[C@@H]2C[C@H]3C(=O)NC4(C(=O)O)CC4/C=C\CCCCCC(NC(=O)OC4CCCC4)C(=O)N3C2)c2ccc(OC)cc2n1. The fraction of sp³-hybridized carbons (Fsp3) is 0.583. The van der Waals surface area contributed by atoms with Gasteiger partial charge < -0.3 is 39.6 Å². The minimum atomic E-state index is -1.43. The van der Waals surface area contributed by atoms with Gasteiger partial charge in [0.05, 0.1) is 25.8 Å². The first-order chi connectivity index (χ1) is 23.7. The number of pyridine rings is 1. The summed E-state index contributed by atoms with van der Waals surface area (Å²) in [7, 11) is 1.57. The summed E-state index contributed by atoms with van der Waals surface area (Å²) in [4.78, 5) is 59.8. The van der Waals surface area contributed by atoms with Crippen LogP contribution in [0.25, 0.3) is 10.9 Å². The number of amides is 3. The molecule has 3 heterocycles. The maximum absolute atomic E-state index is 14.4. The number of carboxylic acid groups (broad SMARTS) is 1. The number of hydrogen-bond donors (Lipinski definition) is 3. The number of ether oxygens (including phenoxy) is 4. The molecule has 5 atom stereocenters. The zero-order chi connectivity index (χ0) is 34.5. The molecule has 0 spiro atoms. The van der Waals surface area contributed by atoms with E-state index < -0.39 is 47.6 Å². The average Bonchev–Trinajstić information content (AvgIpc) is 3.36. The number of alkyl carbamates (subject to hydrolysis) is 1. The number of methoxy groups -OCH3 is 1. The Hall–Kier alpha value is -4.55. The highest BCUT2D eigenvalue weighted by atomic mass is 16.6. The van der Waals surface area contributed by atoms with E-state index in [9.17, 15) is 24.3 Å². The molecule has 0 bridgehead atoms. The number of allylic oxidation sites excluding steroid dienone is 1. The number of nitrogens with one attached hydrogen (secondary N) is 2. The van der Waals surface area contributed by atoms with Crippen LogP contribution in [0.2, 0.25) is 0 Å². The van der Waals surface area contributed by atoms with Gasteiger partial charge in [0.2, 0.25) is 17.7 Å². The van der Waals surface area contributed by atoms with Gasteiger partial charge in [-0.1, -0.05) is 25.0 Å². The molecule has 49 heavy (non-hydrogen) atoms. The third-order valence-corrected chi connectivity index (χ3v) is 10.0. The molecule has 1 saturated heterocycles. The van der Waals surface area contributed by atoms with Gasteiger partial charge >= 0.3 is 12.1 Å². The van der Waals surface area contributed by atoms with Crippen molar-refractivity contribution in [2.75, 3.05) is 20.3 Å². The number of aliphatic carboxylic acids is 1.